The van der Waals surface area contributed by atoms with Crippen LogP contribution in [-0.4, -0.2) is 14.5 Å². The zero-order chi connectivity index (χ0) is 15.2. The minimum Gasteiger partial charge on any atom is -0.294 e. The first-order valence-corrected chi connectivity index (χ1v) is 7.61. The van der Waals surface area contributed by atoms with Crippen LogP contribution in [0.15, 0.2) is 79.1 Å². The maximum Gasteiger partial charge on any atom is 0.146 e. The molecular formula is C20H13N3. The van der Waals surface area contributed by atoms with Gasteiger partial charge in [0.2, 0.25) is 0 Å². The van der Waals surface area contributed by atoms with Crippen molar-refractivity contribution < 1.29 is 0 Å². The van der Waals surface area contributed by atoms with Crippen molar-refractivity contribution in [2.24, 2.45) is 0 Å². The van der Waals surface area contributed by atoms with Crippen LogP contribution < -0.4 is 0 Å². The van der Waals surface area contributed by atoms with Gasteiger partial charge in [-0.15, -0.1) is 0 Å². The van der Waals surface area contributed by atoms with Crippen LogP contribution in [0.1, 0.15) is 0 Å². The number of pyridine rings is 2. The second-order valence-corrected chi connectivity index (χ2v) is 5.62. The number of fused-ring (bicyclic) bond motifs is 4. The van der Waals surface area contributed by atoms with Crippen molar-refractivity contribution in [3.05, 3.63) is 79.1 Å². The van der Waals surface area contributed by atoms with Gasteiger partial charge < -0.3 is 0 Å². The molecular weight excluding hydrogens is 282 g/mol. The Morgan fingerprint density at radius 3 is 2.57 bits per heavy atom. The number of hydrogen-bond donors (Lipinski definition) is 0. The van der Waals surface area contributed by atoms with Gasteiger partial charge in [-0.2, -0.15) is 0 Å². The Balaban J connectivity index is 2.02. The van der Waals surface area contributed by atoms with Crippen LogP contribution in [0.2, 0.25) is 0 Å². The number of rotatable bonds is 1. The maximum atomic E-state index is 4.86. The predicted molar refractivity (Wildman–Crippen MR) is 93.0 cm³/mol. The summed E-state index contributed by atoms with van der Waals surface area (Å²) in [5.74, 6) is 0.970. The van der Waals surface area contributed by atoms with Gasteiger partial charge in [0.25, 0.3) is 0 Å². The molecule has 3 nitrogen and oxygen atoms in total. The van der Waals surface area contributed by atoms with Crippen LogP contribution >= 0.6 is 0 Å². The summed E-state index contributed by atoms with van der Waals surface area (Å²) in [7, 11) is 0. The van der Waals surface area contributed by atoms with Crippen molar-refractivity contribution in [1.29, 1.82) is 0 Å². The lowest BCUT2D eigenvalue weighted by Crippen LogP contribution is -2.02. The van der Waals surface area contributed by atoms with E-state index in [4.69, 9.17) is 4.98 Å². The molecule has 3 aromatic rings. The van der Waals surface area contributed by atoms with E-state index < -0.39 is 0 Å². The van der Waals surface area contributed by atoms with Crippen LogP contribution in [0.3, 0.4) is 0 Å². The van der Waals surface area contributed by atoms with Gasteiger partial charge in [0.05, 0.1) is 11.0 Å². The lowest BCUT2D eigenvalue weighted by atomic mass is 10.1. The summed E-state index contributed by atoms with van der Waals surface area (Å²) in [6, 6.07) is 23.0. The van der Waals surface area contributed by atoms with E-state index in [0.29, 0.717) is 0 Å². The van der Waals surface area contributed by atoms with E-state index in [-0.39, 0.29) is 0 Å². The van der Waals surface area contributed by atoms with E-state index in [1.54, 1.807) is 6.20 Å². The monoisotopic (exact) mass is 295 g/mol. The summed E-state index contributed by atoms with van der Waals surface area (Å²) in [5, 5.41) is 2.29. The maximum absolute atomic E-state index is 4.86. The second-order valence-electron chi connectivity index (χ2n) is 5.62. The van der Waals surface area contributed by atoms with Crippen LogP contribution in [0, 0.1) is 0 Å². The Hall–Kier alpha value is -3.20. The quantitative estimate of drug-likeness (QED) is 0.449. The van der Waals surface area contributed by atoms with Gasteiger partial charge in [-0.05, 0) is 35.7 Å². The fraction of sp³-hybridized carbons (Fsp3) is 0. The molecule has 0 saturated heterocycles. The molecule has 0 bridgehead atoms. The predicted octanol–water partition coefficient (Wildman–Crippen LogP) is 4.68. The minimum atomic E-state index is 0.970. The molecule has 0 unspecified atom stereocenters. The summed E-state index contributed by atoms with van der Waals surface area (Å²) in [4.78, 5) is 9.13. The SMILES string of the molecule is c1ccc(-n2c3nc4ccncc4c-3cc3ccccc32)cc1. The summed E-state index contributed by atoms with van der Waals surface area (Å²) >= 11 is 0. The van der Waals surface area contributed by atoms with Crippen LogP contribution in [0.5, 0.6) is 0 Å². The van der Waals surface area contributed by atoms with Crippen molar-refractivity contribution in [2.75, 3.05) is 0 Å². The number of benzene rings is 2. The Morgan fingerprint density at radius 2 is 1.65 bits per heavy atom. The first kappa shape index (κ1) is 12.4. The minimum absolute atomic E-state index is 0.970. The van der Waals surface area contributed by atoms with Crippen molar-refractivity contribution in [3.8, 4) is 17.1 Å². The average Bonchev–Trinajstić information content (AvgIpc) is 2.98. The standard InChI is InChI=1S/C20H13N3/c1-2-7-15(8-3-1)23-19-9-5-4-6-14(19)12-16-17-13-21-11-10-18(17)22-20(16)23/h1-13H. The Labute approximate surface area is 133 Å². The van der Waals surface area contributed by atoms with Crippen molar-refractivity contribution in [3.63, 3.8) is 0 Å². The van der Waals surface area contributed by atoms with Crippen LogP contribution in [0.4, 0.5) is 0 Å². The van der Waals surface area contributed by atoms with Crippen molar-refractivity contribution in [1.82, 2.24) is 14.5 Å². The fourth-order valence-corrected chi connectivity index (χ4v) is 3.22. The number of aromatic nitrogens is 3. The average molecular weight is 295 g/mol. The van der Waals surface area contributed by atoms with Gasteiger partial charge in [-0.3, -0.25) is 9.55 Å². The van der Waals surface area contributed by atoms with Crippen molar-refractivity contribution >= 4 is 21.8 Å². The summed E-state index contributed by atoms with van der Waals surface area (Å²) in [6.45, 7) is 0. The molecule has 23 heavy (non-hydrogen) atoms. The molecule has 2 aliphatic heterocycles. The van der Waals surface area contributed by atoms with Gasteiger partial charge in [-0.25, -0.2) is 4.98 Å². The molecule has 3 heteroatoms. The largest absolute Gasteiger partial charge is 0.294 e. The van der Waals surface area contributed by atoms with Gasteiger partial charge >= 0.3 is 0 Å². The fourth-order valence-electron chi connectivity index (χ4n) is 3.22. The molecule has 5 rings (SSSR count). The highest BCUT2D eigenvalue weighted by Gasteiger charge is 2.18. The normalized spacial score (nSPS) is 11.5. The van der Waals surface area contributed by atoms with Gasteiger partial charge in [0.15, 0.2) is 0 Å². The van der Waals surface area contributed by atoms with Crippen molar-refractivity contribution in [2.45, 2.75) is 0 Å². The van der Waals surface area contributed by atoms with Gasteiger partial charge in [0, 0.05) is 29.0 Å². The Kier molecular flexibility index (Phi) is 2.50. The Bertz CT molecular complexity index is 1110. The van der Waals surface area contributed by atoms with Crippen LogP contribution in [-0.2, 0) is 0 Å². The zero-order valence-corrected chi connectivity index (χ0v) is 12.3. The lowest BCUT2D eigenvalue weighted by Gasteiger charge is -2.16. The number of nitrogens with zero attached hydrogens (tertiary/aromatic N) is 3. The molecule has 0 fully saturated rings. The van der Waals surface area contributed by atoms with E-state index >= 15 is 0 Å². The molecule has 0 saturated carbocycles. The summed E-state index contributed by atoms with van der Waals surface area (Å²) in [6.07, 6.45) is 3.69. The highest BCUT2D eigenvalue weighted by Crippen LogP contribution is 2.36. The topological polar surface area (TPSA) is 30.7 Å². The first-order chi connectivity index (χ1) is 11.4. The molecule has 108 valence electrons. The number of hydrogen-bond acceptors (Lipinski definition) is 2. The number of para-hydroxylation sites is 2. The summed E-state index contributed by atoms with van der Waals surface area (Å²) < 4.78 is 2.23. The van der Waals surface area contributed by atoms with E-state index in [1.807, 2.05) is 18.3 Å². The molecule has 3 heterocycles. The third kappa shape index (κ3) is 1.77. The molecule has 1 aromatic heterocycles. The van der Waals surface area contributed by atoms with Gasteiger partial charge in [0.1, 0.15) is 5.82 Å². The first-order valence-electron chi connectivity index (χ1n) is 7.61. The third-order valence-corrected chi connectivity index (χ3v) is 4.26. The van der Waals surface area contributed by atoms with E-state index in [1.165, 1.54) is 5.39 Å². The molecule has 0 radical (unpaired) electrons. The molecule has 0 atom stereocenters. The summed E-state index contributed by atoms with van der Waals surface area (Å²) in [5.41, 5.74) is 4.39. The second kappa shape index (κ2) is 4.65. The van der Waals surface area contributed by atoms with Gasteiger partial charge in [-0.1, -0.05) is 36.4 Å². The highest BCUT2D eigenvalue weighted by molar-refractivity contribution is 6.01. The third-order valence-electron chi connectivity index (χ3n) is 4.26. The molecule has 0 aliphatic carbocycles. The lowest BCUT2D eigenvalue weighted by molar-refractivity contribution is 1.07. The van der Waals surface area contributed by atoms with Crippen LogP contribution in [0.25, 0.3) is 38.9 Å². The zero-order valence-electron chi connectivity index (χ0n) is 12.3. The molecule has 0 spiro atoms. The van der Waals surface area contributed by atoms with E-state index in [9.17, 15) is 0 Å². The molecule has 2 aromatic carbocycles. The smallest absolute Gasteiger partial charge is 0.146 e. The van der Waals surface area contributed by atoms with E-state index in [0.717, 1.165) is 33.5 Å². The van der Waals surface area contributed by atoms with E-state index in [2.05, 4.69) is 64.1 Å². The molecule has 0 N–H and O–H groups in total. The molecule has 0 amide bonds. The highest BCUT2D eigenvalue weighted by atomic mass is 15.1. The molecule has 2 aliphatic rings. The Morgan fingerprint density at radius 1 is 0.826 bits per heavy atom.